The Morgan fingerprint density at radius 3 is 2.58 bits per heavy atom. The van der Waals surface area contributed by atoms with Crippen molar-refractivity contribution in [3.8, 4) is 0 Å². The smallest absolute Gasteiger partial charge is 0.248 e. The molecule has 1 amide bonds. The van der Waals surface area contributed by atoms with Crippen LogP contribution in [0.2, 0.25) is 0 Å². The highest BCUT2D eigenvalue weighted by Gasteiger charge is 1.98. The number of rotatable bonds is 3. The van der Waals surface area contributed by atoms with Crippen LogP contribution < -0.4 is 5.32 Å². The number of aryl methyl sites for hydroxylation is 2. The molecule has 0 bridgehead atoms. The molecule has 0 saturated heterocycles. The molecule has 0 spiro atoms. The van der Waals surface area contributed by atoms with E-state index in [-0.39, 0.29) is 5.91 Å². The first-order chi connectivity index (χ1) is 9.15. The average Bonchev–Trinajstić information content (AvgIpc) is 2.39. The highest BCUT2D eigenvalue weighted by molar-refractivity contribution is 6.01. The molecule has 0 unspecified atom stereocenters. The lowest BCUT2D eigenvalue weighted by atomic mass is 10.1. The predicted molar refractivity (Wildman–Crippen MR) is 77.8 cm³/mol. The van der Waals surface area contributed by atoms with Gasteiger partial charge in [-0.2, -0.15) is 0 Å². The summed E-state index contributed by atoms with van der Waals surface area (Å²) in [5.74, 6) is -0.147. The number of hydrogen-bond acceptors (Lipinski definition) is 2. The van der Waals surface area contributed by atoms with E-state index in [1.54, 1.807) is 24.5 Å². The van der Waals surface area contributed by atoms with Crippen molar-refractivity contribution in [3.63, 3.8) is 0 Å². The fourth-order valence-corrected chi connectivity index (χ4v) is 1.80. The number of pyridine rings is 1. The number of amides is 1. The van der Waals surface area contributed by atoms with Crippen molar-refractivity contribution in [3.05, 3.63) is 65.5 Å². The minimum Gasteiger partial charge on any atom is -0.322 e. The second-order valence-electron chi connectivity index (χ2n) is 4.42. The molecule has 1 heterocycles. The number of nitrogens with zero attached hydrogens (tertiary/aromatic N) is 1. The van der Waals surface area contributed by atoms with Crippen LogP contribution in [0, 0.1) is 13.8 Å². The van der Waals surface area contributed by atoms with Crippen LogP contribution in [0.25, 0.3) is 6.08 Å². The second-order valence-corrected chi connectivity index (χ2v) is 4.42. The minimum atomic E-state index is -0.147. The topological polar surface area (TPSA) is 42.0 Å². The molecule has 2 rings (SSSR count). The molecule has 0 saturated carbocycles. The Hall–Kier alpha value is -2.42. The predicted octanol–water partition coefficient (Wildman–Crippen LogP) is 3.35. The van der Waals surface area contributed by atoms with Crippen molar-refractivity contribution in [1.82, 2.24) is 4.98 Å². The molecular formula is C16H16N2O. The summed E-state index contributed by atoms with van der Waals surface area (Å²) in [5.41, 5.74) is 4.17. The maximum atomic E-state index is 11.7. The molecule has 0 atom stereocenters. The highest BCUT2D eigenvalue weighted by atomic mass is 16.1. The van der Waals surface area contributed by atoms with Crippen molar-refractivity contribution >= 4 is 17.7 Å². The Balaban J connectivity index is 2.04. The number of hydrogen-bond donors (Lipinski definition) is 1. The Bertz CT molecular complexity index is 603. The number of benzene rings is 1. The molecule has 0 radical (unpaired) electrons. The molecular weight excluding hydrogens is 236 g/mol. The second kappa shape index (κ2) is 5.96. The molecule has 1 aromatic heterocycles. The number of nitrogens with one attached hydrogen (secondary N) is 1. The van der Waals surface area contributed by atoms with Gasteiger partial charge in [-0.1, -0.05) is 23.8 Å². The van der Waals surface area contributed by atoms with Gasteiger partial charge in [0.25, 0.3) is 0 Å². The number of anilines is 1. The van der Waals surface area contributed by atoms with Crippen LogP contribution in [0.4, 0.5) is 5.69 Å². The van der Waals surface area contributed by atoms with Gasteiger partial charge in [-0.3, -0.25) is 9.78 Å². The maximum absolute atomic E-state index is 11.7. The van der Waals surface area contributed by atoms with Crippen LogP contribution in [0.5, 0.6) is 0 Å². The molecule has 19 heavy (non-hydrogen) atoms. The lowest BCUT2D eigenvalue weighted by Crippen LogP contribution is -2.07. The van der Waals surface area contributed by atoms with Crippen LogP contribution in [0.15, 0.2) is 48.8 Å². The zero-order chi connectivity index (χ0) is 13.7. The minimum absolute atomic E-state index is 0.147. The monoisotopic (exact) mass is 252 g/mol. The summed E-state index contributed by atoms with van der Waals surface area (Å²) in [7, 11) is 0. The van der Waals surface area contributed by atoms with E-state index in [2.05, 4.69) is 23.3 Å². The van der Waals surface area contributed by atoms with Gasteiger partial charge in [0, 0.05) is 24.2 Å². The van der Waals surface area contributed by atoms with E-state index in [1.165, 1.54) is 11.6 Å². The van der Waals surface area contributed by atoms with Gasteiger partial charge in [-0.25, -0.2) is 0 Å². The molecule has 0 aliphatic rings. The van der Waals surface area contributed by atoms with Gasteiger partial charge in [-0.05, 0) is 43.2 Å². The van der Waals surface area contributed by atoms with E-state index < -0.39 is 0 Å². The van der Waals surface area contributed by atoms with Gasteiger partial charge in [0.2, 0.25) is 5.91 Å². The molecule has 0 aliphatic carbocycles. The molecule has 1 N–H and O–H groups in total. The van der Waals surface area contributed by atoms with Gasteiger partial charge >= 0.3 is 0 Å². The van der Waals surface area contributed by atoms with Crippen molar-refractivity contribution in [2.24, 2.45) is 0 Å². The summed E-state index contributed by atoms with van der Waals surface area (Å²) in [6, 6.07) is 9.65. The number of aromatic nitrogens is 1. The van der Waals surface area contributed by atoms with Crippen molar-refractivity contribution in [1.29, 1.82) is 0 Å². The van der Waals surface area contributed by atoms with Crippen molar-refractivity contribution in [2.75, 3.05) is 5.32 Å². The SMILES string of the molecule is Cc1ccc(/C=C/C(=O)Nc2ccncc2)c(C)c1. The largest absolute Gasteiger partial charge is 0.322 e. The van der Waals surface area contributed by atoms with Crippen molar-refractivity contribution in [2.45, 2.75) is 13.8 Å². The third-order valence-electron chi connectivity index (χ3n) is 2.79. The fraction of sp³-hybridized carbons (Fsp3) is 0.125. The van der Waals surface area contributed by atoms with E-state index >= 15 is 0 Å². The molecule has 96 valence electrons. The fourth-order valence-electron chi connectivity index (χ4n) is 1.80. The average molecular weight is 252 g/mol. The molecule has 0 fully saturated rings. The zero-order valence-corrected chi connectivity index (χ0v) is 11.1. The summed E-state index contributed by atoms with van der Waals surface area (Å²) in [4.78, 5) is 15.6. The quantitative estimate of drug-likeness (QED) is 0.851. The lowest BCUT2D eigenvalue weighted by molar-refractivity contribution is -0.111. The Kier molecular flexibility index (Phi) is 4.08. The van der Waals surface area contributed by atoms with Crippen molar-refractivity contribution < 1.29 is 4.79 Å². The molecule has 0 aliphatic heterocycles. The number of carbonyl (C=O) groups is 1. The third kappa shape index (κ3) is 3.78. The van der Waals surface area contributed by atoms with Gasteiger partial charge in [0.05, 0.1) is 0 Å². The molecule has 1 aromatic carbocycles. The van der Waals surface area contributed by atoms with Gasteiger partial charge < -0.3 is 5.32 Å². The van der Waals surface area contributed by atoms with E-state index in [1.807, 2.05) is 25.1 Å². The normalized spacial score (nSPS) is 10.6. The van der Waals surface area contributed by atoms with E-state index in [0.717, 1.165) is 16.8 Å². The number of carbonyl (C=O) groups excluding carboxylic acids is 1. The zero-order valence-electron chi connectivity index (χ0n) is 11.1. The van der Waals surface area contributed by atoms with Crippen LogP contribution in [0.3, 0.4) is 0 Å². The first-order valence-corrected chi connectivity index (χ1v) is 6.11. The van der Waals surface area contributed by atoms with Crippen LogP contribution in [0.1, 0.15) is 16.7 Å². The standard InChI is InChI=1S/C16H16N2O/c1-12-3-4-14(13(2)11-12)5-6-16(19)18-15-7-9-17-10-8-15/h3-11H,1-2H3,(H,17,18,19)/b6-5+. The molecule has 3 nitrogen and oxygen atoms in total. The van der Waals surface area contributed by atoms with Crippen LogP contribution in [-0.4, -0.2) is 10.9 Å². The van der Waals surface area contributed by atoms with Crippen LogP contribution in [-0.2, 0) is 4.79 Å². The first-order valence-electron chi connectivity index (χ1n) is 6.11. The van der Waals surface area contributed by atoms with Gasteiger partial charge in [0.15, 0.2) is 0 Å². The summed E-state index contributed by atoms with van der Waals surface area (Å²) < 4.78 is 0. The maximum Gasteiger partial charge on any atom is 0.248 e. The van der Waals surface area contributed by atoms with Gasteiger partial charge in [0.1, 0.15) is 0 Å². The summed E-state index contributed by atoms with van der Waals surface area (Å²) in [6.45, 7) is 4.09. The summed E-state index contributed by atoms with van der Waals surface area (Å²) >= 11 is 0. The summed E-state index contributed by atoms with van der Waals surface area (Å²) in [5, 5.41) is 2.78. The Morgan fingerprint density at radius 2 is 1.89 bits per heavy atom. The van der Waals surface area contributed by atoms with Gasteiger partial charge in [-0.15, -0.1) is 0 Å². The van der Waals surface area contributed by atoms with E-state index in [0.29, 0.717) is 0 Å². The lowest BCUT2D eigenvalue weighted by Gasteiger charge is -2.02. The molecule has 3 heteroatoms. The van der Waals surface area contributed by atoms with Crippen LogP contribution >= 0.6 is 0 Å². The Labute approximate surface area is 113 Å². The Morgan fingerprint density at radius 1 is 1.16 bits per heavy atom. The van der Waals surface area contributed by atoms with E-state index in [4.69, 9.17) is 0 Å². The molecule has 2 aromatic rings. The summed E-state index contributed by atoms with van der Waals surface area (Å²) in [6.07, 6.45) is 6.65. The highest BCUT2D eigenvalue weighted by Crippen LogP contribution is 2.12. The third-order valence-corrected chi connectivity index (χ3v) is 2.79. The van der Waals surface area contributed by atoms with E-state index in [9.17, 15) is 4.79 Å². The first kappa shape index (κ1) is 13.0.